The number of halogens is 2. The van der Waals surface area contributed by atoms with E-state index in [0.717, 1.165) is 0 Å². The number of imidazole rings is 1. The molecule has 0 bridgehead atoms. The first kappa shape index (κ1) is 18.0. The third kappa shape index (κ3) is 3.07. The minimum atomic E-state index is -0.397. The molecule has 0 fully saturated rings. The molecule has 0 radical (unpaired) electrons. The number of fused-ring (bicyclic) bond motifs is 1. The Morgan fingerprint density at radius 1 is 1.14 bits per heavy atom. The number of ether oxygens (including phenoxy) is 1. The molecular weight excluding hydrogens is 403 g/mol. The van der Waals surface area contributed by atoms with Gasteiger partial charge in [-0.25, -0.2) is 24.1 Å². The normalized spacial score (nSPS) is 10.8. The fourth-order valence-corrected chi connectivity index (χ4v) is 3.10. The lowest BCUT2D eigenvalue weighted by atomic mass is 10.3. The Morgan fingerprint density at radius 3 is 2.68 bits per heavy atom. The van der Waals surface area contributed by atoms with Gasteiger partial charge in [0.1, 0.15) is 29.8 Å². The van der Waals surface area contributed by atoms with Crippen molar-refractivity contribution in [2.75, 3.05) is 0 Å². The Balaban J connectivity index is 1.84. The van der Waals surface area contributed by atoms with Crippen LogP contribution in [0.1, 0.15) is 11.3 Å². The maximum absolute atomic E-state index is 13.1. The molecule has 0 N–H and O–H groups in total. The molecule has 3 heterocycles. The van der Waals surface area contributed by atoms with E-state index < -0.39 is 5.69 Å². The van der Waals surface area contributed by atoms with Crippen LogP contribution in [-0.2, 0) is 6.61 Å². The number of hydrogen-bond donors (Lipinski definition) is 0. The van der Waals surface area contributed by atoms with Crippen LogP contribution >= 0.6 is 23.2 Å². The Morgan fingerprint density at radius 2 is 1.93 bits per heavy atom. The van der Waals surface area contributed by atoms with Crippen LogP contribution in [0.4, 0.5) is 0 Å². The predicted octanol–water partition coefficient (Wildman–Crippen LogP) is 3.03. The van der Waals surface area contributed by atoms with Crippen molar-refractivity contribution >= 4 is 28.8 Å². The van der Waals surface area contributed by atoms with Crippen molar-refractivity contribution in [3.05, 3.63) is 81.0 Å². The third-order valence-electron chi connectivity index (χ3n) is 3.96. The Bertz CT molecular complexity index is 1280. The Hall–Kier alpha value is -3.41. The monoisotopic (exact) mass is 412 g/mol. The SMILES string of the molecule is N#Cc1c(Cl)ncnc1OCc1cc2ncc(Cl)n2c(=O)n1-c1ccccc1. The molecule has 4 rings (SSSR count). The standard InChI is InChI=1S/C18H10Cl2N6O2/c19-14-8-22-15-6-12(9-28-17-13(7-21)16(20)23-10-24-17)25(18(27)26(14)15)11-4-2-1-3-5-11/h1-6,8,10H,9H2. The Kier molecular flexibility index (Phi) is 4.69. The molecule has 3 aromatic heterocycles. The maximum Gasteiger partial charge on any atom is 0.340 e. The average molecular weight is 413 g/mol. The molecule has 0 amide bonds. The first-order valence-electron chi connectivity index (χ1n) is 7.97. The molecule has 8 nitrogen and oxygen atoms in total. The smallest absolute Gasteiger partial charge is 0.340 e. The summed E-state index contributed by atoms with van der Waals surface area (Å²) in [5, 5.41) is 9.43. The lowest BCUT2D eigenvalue weighted by molar-refractivity contribution is 0.284. The largest absolute Gasteiger partial charge is 0.470 e. The molecule has 0 saturated heterocycles. The van der Waals surface area contributed by atoms with E-state index in [4.69, 9.17) is 27.9 Å². The van der Waals surface area contributed by atoms with E-state index in [2.05, 4.69) is 15.0 Å². The molecule has 0 unspecified atom stereocenters. The lowest BCUT2D eigenvalue weighted by Gasteiger charge is -2.14. The van der Waals surface area contributed by atoms with Gasteiger partial charge in [0.25, 0.3) is 0 Å². The van der Waals surface area contributed by atoms with E-state index in [9.17, 15) is 10.1 Å². The van der Waals surface area contributed by atoms with E-state index in [1.807, 2.05) is 24.3 Å². The number of aromatic nitrogens is 5. The van der Waals surface area contributed by atoms with Crippen LogP contribution in [0.15, 0.2) is 53.7 Å². The van der Waals surface area contributed by atoms with Gasteiger partial charge in [0.05, 0.1) is 17.6 Å². The number of nitriles is 1. The molecule has 4 aromatic rings. The van der Waals surface area contributed by atoms with Crippen LogP contribution < -0.4 is 10.4 Å². The highest BCUT2D eigenvalue weighted by Gasteiger charge is 2.16. The maximum atomic E-state index is 13.1. The molecule has 0 aliphatic carbocycles. The summed E-state index contributed by atoms with van der Waals surface area (Å²) < 4.78 is 8.43. The van der Waals surface area contributed by atoms with Gasteiger partial charge in [-0.15, -0.1) is 0 Å². The van der Waals surface area contributed by atoms with E-state index in [1.165, 1.54) is 21.5 Å². The van der Waals surface area contributed by atoms with Gasteiger partial charge in [-0.1, -0.05) is 41.4 Å². The summed E-state index contributed by atoms with van der Waals surface area (Å²) in [5.74, 6) is 0.0239. The summed E-state index contributed by atoms with van der Waals surface area (Å²) in [7, 11) is 0. The van der Waals surface area contributed by atoms with Gasteiger partial charge in [-0.3, -0.25) is 4.57 Å². The topological polar surface area (TPSA) is 98.1 Å². The van der Waals surface area contributed by atoms with Gasteiger partial charge in [-0.2, -0.15) is 5.26 Å². The quantitative estimate of drug-likeness (QED) is 0.477. The highest BCUT2D eigenvalue weighted by molar-refractivity contribution is 6.30. The summed E-state index contributed by atoms with van der Waals surface area (Å²) in [6.45, 7) is -0.0624. The first-order valence-corrected chi connectivity index (χ1v) is 8.72. The zero-order valence-electron chi connectivity index (χ0n) is 14.1. The fraction of sp³-hybridized carbons (Fsp3) is 0.0556. The van der Waals surface area contributed by atoms with Crippen LogP contribution in [-0.4, -0.2) is 23.9 Å². The second-order valence-electron chi connectivity index (χ2n) is 5.61. The number of para-hydroxylation sites is 1. The summed E-state index contributed by atoms with van der Waals surface area (Å²) in [4.78, 5) is 24.9. The number of rotatable bonds is 4. The van der Waals surface area contributed by atoms with E-state index >= 15 is 0 Å². The van der Waals surface area contributed by atoms with Crippen LogP contribution in [0.2, 0.25) is 10.3 Å². The van der Waals surface area contributed by atoms with Crippen molar-refractivity contribution in [2.24, 2.45) is 0 Å². The minimum Gasteiger partial charge on any atom is -0.470 e. The predicted molar refractivity (Wildman–Crippen MR) is 102 cm³/mol. The van der Waals surface area contributed by atoms with Gasteiger partial charge in [0.15, 0.2) is 10.7 Å². The van der Waals surface area contributed by atoms with Crippen molar-refractivity contribution in [3.63, 3.8) is 0 Å². The molecular formula is C18H10Cl2N6O2. The molecule has 0 saturated carbocycles. The van der Waals surface area contributed by atoms with E-state index in [1.54, 1.807) is 18.2 Å². The molecule has 138 valence electrons. The van der Waals surface area contributed by atoms with Crippen molar-refractivity contribution in [1.82, 2.24) is 23.9 Å². The van der Waals surface area contributed by atoms with E-state index in [-0.39, 0.29) is 28.4 Å². The molecule has 28 heavy (non-hydrogen) atoms. The molecule has 1 aromatic carbocycles. The van der Waals surface area contributed by atoms with Crippen molar-refractivity contribution in [2.45, 2.75) is 6.61 Å². The summed E-state index contributed by atoms with van der Waals surface area (Å²) >= 11 is 12.0. The van der Waals surface area contributed by atoms with Crippen LogP contribution in [0, 0.1) is 11.3 Å². The van der Waals surface area contributed by atoms with Gasteiger partial charge < -0.3 is 4.74 Å². The van der Waals surface area contributed by atoms with Crippen molar-refractivity contribution in [1.29, 1.82) is 5.26 Å². The van der Waals surface area contributed by atoms with Crippen molar-refractivity contribution in [3.8, 4) is 17.6 Å². The highest BCUT2D eigenvalue weighted by Crippen LogP contribution is 2.22. The minimum absolute atomic E-state index is 0.0107. The number of hydrogen-bond acceptors (Lipinski definition) is 6. The van der Waals surface area contributed by atoms with Gasteiger partial charge in [-0.05, 0) is 12.1 Å². The fourth-order valence-electron chi connectivity index (χ4n) is 2.73. The van der Waals surface area contributed by atoms with Crippen LogP contribution in [0.3, 0.4) is 0 Å². The molecule has 0 spiro atoms. The van der Waals surface area contributed by atoms with Crippen LogP contribution in [0.5, 0.6) is 5.88 Å². The third-order valence-corrected chi connectivity index (χ3v) is 4.51. The number of benzene rings is 1. The lowest BCUT2D eigenvalue weighted by Crippen LogP contribution is -2.28. The molecule has 10 heteroatoms. The van der Waals surface area contributed by atoms with Gasteiger partial charge in [0.2, 0.25) is 5.88 Å². The van der Waals surface area contributed by atoms with E-state index in [0.29, 0.717) is 17.0 Å². The van der Waals surface area contributed by atoms with Crippen molar-refractivity contribution < 1.29 is 4.74 Å². The average Bonchev–Trinajstić information content (AvgIpc) is 3.08. The molecule has 0 atom stereocenters. The highest BCUT2D eigenvalue weighted by atomic mass is 35.5. The molecule has 0 aliphatic rings. The van der Waals surface area contributed by atoms with Gasteiger partial charge >= 0.3 is 5.69 Å². The Labute approximate surface area is 168 Å². The zero-order chi connectivity index (χ0) is 19.7. The zero-order valence-corrected chi connectivity index (χ0v) is 15.6. The first-order chi connectivity index (χ1) is 13.6. The second kappa shape index (κ2) is 7.31. The van der Waals surface area contributed by atoms with Gasteiger partial charge in [0, 0.05) is 6.07 Å². The second-order valence-corrected chi connectivity index (χ2v) is 6.35. The summed E-state index contributed by atoms with van der Waals surface area (Å²) in [6.07, 6.45) is 2.59. The van der Waals surface area contributed by atoms with Crippen LogP contribution in [0.25, 0.3) is 11.3 Å². The molecule has 0 aliphatic heterocycles. The summed E-state index contributed by atoms with van der Waals surface area (Å²) in [6, 6.07) is 12.6. The number of nitrogens with zero attached hydrogens (tertiary/aromatic N) is 6. The summed E-state index contributed by atoms with van der Waals surface area (Å²) in [5.41, 5.74) is 1.11.